The minimum absolute atomic E-state index is 0. The van der Waals surface area contributed by atoms with Crippen molar-refractivity contribution in [3.05, 3.63) is 47.3 Å². The topological polar surface area (TPSA) is 50.2 Å². The van der Waals surface area contributed by atoms with Gasteiger partial charge in [0.05, 0.1) is 28.7 Å². The Hall–Kier alpha value is -2.06. The van der Waals surface area contributed by atoms with Gasteiger partial charge in [-0.25, -0.2) is 4.68 Å². The summed E-state index contributed by atoms with van der Waals surface area (Å²) in [5.74, 6) is -0.138. The summed E-state index contributed by atoms with van der Waals surface area (Å²) >= 11 is 0. The molecule has 0 bridgehead atoms. The number of carbonyl (C=O) groups is 1. The van der Waals surface area contributed by atoms with Gasteiger partial charge in [0.25, 0.3) is 5.91 Å². The average molecular weight is 403 g/mol. The van der Waals surface area contributed by atoms with Crippen LogP contribution in [0.15, 0.2) is 30.5 Å². The summed E-state index contributed by atoms with van der Waals surface area (Å²) in [6.45, 7) is 2.98. The number of hydrogen-bond acceptors (Lipinski definition) is 3. The summed E-state index contributed by atoms with van der Waals surface area (Å²) in [5, 5.41) is 7.34. The lowest BCUT2D eigenvalue weighted by Crippen LogP contribution is -2.47. The van der Waals surface area contributed by atoms with Crippen LogP contribution in [0, 0.1) is 6.92 Å². The number of hydrogen-bond donors (Lipinski definition) is 1. The van der Waals surface area contributed by atoms with E-state index in [0.29, 0.717) is 24.3 Å². The number of rotatable bonds is 3. The smallest absolute Gasteiger partial charge is 0.337 e. The third-order valence-electron chi connectivity index (χ3n) is 4.78. The fraction of sp³-hybridized carbons (Fsp3) is 0.444. The van der Waals surface area contributed by atoms with Crippen LogP contribution in [-0.4, -0.2) is 46.8 Å². The van der Waals surface area contributed by atoms with Crippen molar-refractivity contribution in [1.29, 1.82) is 0 Å². The van der Waals surface area contributed by atoms with Crippen LogP contribution in [0.3, 0.4) is 0 Å². The zero-order valence-electron chi connectivity index (χ0n) is 15.1. The quantitative estimate of drug-likeness (QED) is 0.855. The molecular weight excluding hydrogens is 381 g/mol. The molecule has 1 aromatic heterocycles. The zero-order valence-corrected chi connectivity index (χ0v) is 15.9. The molecule has 0 aliphatic carbocycles. The highest BCUT2D eigenvalue weighted by Gasteiger charge is 2.31. The molecule has 0 spiro atoms. The van der Waals surface area contributed by atoms with Crippen LogP contribution in [0.1, 0.15) is 34.5 Å². The molecule has 148 valence electrons. The van der Waals surface area contributed by atoms with Crippen molar-refractivity contribution < 1.29 is 18.0 Å². The van der Waals surface area contributed by atoms with E-state index < -0.39 is 11.7 Å². The fourth-order valence-electron chi connectivity index (χ4n) is 3.26. The van der Waals surface area contributed by atoms with Crippen molar-refractivity contribution in [1.82, 2.24) is 20.0 Å². The largest absolute Gasteiger partial charge is 0.416 e. The van der Waals surface area contributed by atoms with Crippen molar-refractivity contribution >= 4 is 18.3 Å². The Morgan fingerprint density at radius 1 is 1.33 bits per heavy atom. The number of amides is 1. The molecule has 1 fully saturated rings. The molecule has 1 aliphatic heterocycles. The lowest BCUT2D eigenvalue weighted by Gasteiger charge is -2.32. The summed E-state index contributed by atoms with van der Waals surface area (Å²) in [4.78, 5) is 14.6. The van der Waals surface area contributed by atoms with Crippen molar-refractivity contribution in [2.45, 2.75) is 32.0 Å². The van der Waals surface area contributed by atoms with E-state index in [1.54, 1.807) is 17.9 Å². The molecule has 1 atom stereocenters. The molecule has 1 aliphatic rings. The number of carbonyl (C=O) groups excluding carboxylic acids is 1. The Morgan fingerprint density at radius 3 is 2.74 bits per heavy atom. The second-order valence-corrected chi connectivity index (χ2v) is 6.48. The Bertz CT molecular complexity index is 806. The minimum Gasteiger partial charge on any atom is -0.337 e. The van der Waals surface area contributed by atoms with Crippen molar-refractivity contribution in [2.75, 3.05) is 20.1 Å². The van der Waals surface area contributed by atoms with E-state index in [1.807, 2.05) is 7.05 Å². The molecule has 2 aromatic rings. The van der Waals surface area contributed by atoms with Crippen molar-refractivity contribution in [3.63, 3.8) is 0 Å². The molecule has 5 nitrogen and oxygen atoms in total. The molecule has 0 radical (unpaired) electrons. The molecule has 1 amide bonds. The number of halogens is 4. The maximum Gasteiger partial charge on any atom is 0.416 e. The maximum absolute atomic E-state index is 12.9. The van der Waals surface area contributed by atoms with E-state index in [2.05, 4.69) is 10.4 Å². The third-order valence-corrected chi connectivity index (χ3v) is 4.78. The van der Waals surface area contributed by atoms with E-state index >= 15 is 0 Å². The fourth-order valence-corrected chi connectivity index (χ4v) is 3.26. The Kier molecular flexibility index (Phi) is 6.54. The van der Waals surface area contributed by atoms with Crippen LogP contribution in [0.25, 0.3) is 5.69 Å². The number of piperidine rings is 1. The minimum atomic E-state index is -4.42. The molecule has 1 saturated heterocycles. The van der Waals surface area contributed by atoms with E-state index in [-0.39, 0.29) is 30.0 Å². The molecule has 9 heteroatoms. The van der Waals surface area contributed by atoms with Crippen LogP contribution in [0.2, 0.25) is 0 Å². The maximum atomic E-state index is 12.9. The van der Waals surface area contributed by atoms with Gasteiger partial charge in [-0.1, -0.05) is 6.07 Å². The number of nitrogens with one attached hydrogen (secondary N) is 1. The van der Waals surface area contributed by atoms with Crippen LogP contribution >= 0.6 is 12.4 Å². The van der Waals surface area contributed by atoms with E-state index in [0.717, 1.165) is 25.0 Å². The molecule has 2 heterocycles. The predicted molar refractivity (Wildman–Crippen MR) is 98.5 cm³/mol. The Balaban J connectivity index is 0.00000261. The summed E-state index contributed by atoms with van der Waals surface area (Å²) in [6, 6.07) is 5.18. The van der Waals surface area contributed by atoms with Gasteiger partial charge >= 0.3 is 6.18 Å². The van der Waals surface area contributed by atoms with E-state index in [9.17, 15) is 18.0 Å². The first-order valence-corrected chi connectivity index (χ1v) is 8.50. The molecule has 27 heavy (non-hydrogen) atoms. The number of likely N-dealkylation sites (N-methyl/N-ethyl adjacent to an activating group) is 1. The van der Waals surface area contributed by atoms with Gasteiger partial charge in [0.1, 0.15) is 0 Å². The highest BCUT2D eigenvalue weighted by molar-refractivity contribution is 5.95. The first-order chi connectivity index (χ1) is 12.3. The normalized spacial score (nSPS) is 17.5. The van der Waals surface area contributed by atoms with Gasteiger partial charge in [-0.2, -0.15) is 18.3 Å². The van der Waals surface area contributed by atoms with Gasteiger partial charge in [-0.3, -0.25) is 4.79 Å². The Morgan fingerprint density at radius 2 is 2.07 bits per heavy atom. The number of likely N-dealkylation sites (tertiary alicyclic amines) is 1. The van der Waals surface area contributed by atoms with Gasteiger partial charge in [0.2, 0.25) is 0 Å². The zero-order chi connectivity index (χ0) is 18.9. The van der Waals surface area contributed by atoms with Gasteiger partial charge in [-0.15, -0.1) is 12.4 Å². The summed E-state index contributed by atoms with van der Waals surface area (Å²) < 4.78 is 40.2. The molecule has 0 saturated carbocycles. The molecule has 3 rings (SSSR count). The number of aromatic nitrogens is 2. The second kappa shape index (κ2) is 8.31. The molecular formula is C18H22ClF3N4O. The van der Waals surface area contributed by atoms with Gasteiger partial charge in [0.15, 0.2) is 0 Å². The first kappa shape index (κ1) is 21.2. The third kappa shape index (κ3) is 4.44. The molecule has 1 unspecified atom stereocenters. The van der Waals surface area contributed by atoms with Gasteiger partial charge in [0, 0.05) is 19.1 Å². The highest BCUT2D eigenvalue weighted by Crippen LogP contribution is 2.30. The Labute approximate surface area is 161 Å². The lowest BCUT2D eigenvalue weighted by atomic mass is 10.0. The van der Waals surface area contributed by atoms with E-state index in [1.165, 1.54) is 16.9 Å². The lowest BCUT2D eigenvalue weighted by molar-refractivity contribution is -0.137. The van der Waals surface area contributed by atoms with Crippen molar-refractivity contribution in [2.24, 2.45) is 0 Å². The first-order valence-electron chi connectivity index (χ1n) is 8.50. The summed E-state index contributed by atoms with van der Waals surface area (Å²) in [6.07, 6.45) is -1.06. The number of alkyl halides is 3. The van der Waals surface area contributed by atoms with Crippen LogP contribution < -0.4 is 5.32 Å². The van der Waals surface area contributed by atoms with Crippen molar-refractivity contribution in [3.8, 4) is 5.69 Å². The molecule has 1 N–H and O–H groups in total. The monoisotopic (exact) mass is 402 g/mol. The predicted octanol–water partition coefficient (Wildman–Crippen LogP) is 3.45. The summed E-state index contributed by atoms with van der Waals surface area (Å²) in [5.41, 5.74) is 0.480. The SMILES string of the molecule is CNC1CCCN(C(=O)c2cnn(-c3cccc(C(F)(F)F)c3)c2C)C1.Cl. The number of nitrogens with zero attached hydrogens (tertiary/aromatic N) is 3. The van der Waals surface area contributed by atoms with Crippen LogP contribution in [-0.2, 0) is 6.18 Å². The van der Waals surface area contributed by atoms with Gasteiger partial charge < -0.3 is 10.2 Å². The van der Waals surface area contributed by atoms with Crippen LogP contribution in [0.4, 0.5) is 13.2 Å². The van der Waals surface area contributed by atoms with Crippen LogP contribution in [0.5, 0.6) is 0 Å². The standard InChI is InChI=1S/C18H21F3N4O.ClH/c1-12-16(17(26)24-8-4-6-14(11-24)22-2)10-23-25(12)15-7-3-5-13(9-15)18(19,20)21;/h3,5,7,9-10,14,22H,4,6,8,11H2,1-2H3;1H. The second-order valence-electron chi connectivity index (χ2n) is 6.48. The average Bonchev–Trinajstić information content (AvgIpc) is 3.02. The summed E-state index contributed by atoms with van der Waals surface area (Å²) in [7, 11) is 1.87. The molecule has 1 aromatic carbocycles. The highest BCUT2D eigenvalue weighted by atomic mass is 35.5. The van der Waals surface area contributed by atoms with E-state index in [4.69, 9.17) is 0 Å². The van der Waals surface area contributed by atoms with Gasteiger partial charge in [-0.05, 0) is 45.0 Å². The number of benzene rings is 1.